The molecule has 5 rings (SSSR count). The molecule has 0 atom stereocenters. The van der Waals surface area contributed by atoms with E-state index >= 15 is 0 Å². The third kappa shape index (κ3) is 7.56. The average Bonchev–Trinajstić information content (AvgIpc) is 2.87. The molecule has 2 aliphatic rings. The minimum Gasteiger partial charge on any atom is -0.508 e. The fraction of sp³-hybridized carbons (Fsp3) is 0.472. The zero-order valence-corrected chi connectivity index (χ0v) is 27.1. The molecule has 0 unspecified atom stereocenters. The van der Waals surface area contributed by atoms with Crippen LogP contribution in [0.15, 0.2) is 42.5 Å². The van der Waals surface area contributed by atoms with Gasteiger partial charge < -0.3 is 34.7 Å². The van der Waals surface area contributed by atoms with E-state index in [1.807, 2.05) is 20.8 Å². The van der Waals surface area contributed by atoms with E-state index in [-0.39, 0.29) is 39.6 Å². The summed E-state index contributed by atoms with van der Waals surface area (Å²) in [5.41, 5.74) is 4.59. The number of hydrogen-bond donors (Lipinski definition) is 4. The predicted molar refractivity (Wildman–Crippen MR) is 170 cm³/mol. The molecule has 1 spiro atoms. The molecule has 0 fully saturated rings. The predicted octanol–water partition coefficient (Wildman–Crippen LogP) is 7.99. The third-order valence-corrected chi connectivity index (χ3v) is 8.05. The summed E-state index contributed by atoms with van der Waals surface area (Å²) < 4.78 is 13.0. The molecule has 2 aliphatic heterocycles. The summed E-state index contributed by atoms with van der Waals surface area (Å²) in [6.07, 6.45) is 3.72. The van der Waals surface area contributed by atoms with Crippen molar-refractivity contribution in [3.05, 3.63) is 70.3 Å². The fourth-order valence-electron chi connectivity index (χ4n) is 6.04. The number of fused-ring (bicyclic) bond motifs is 2. The minimum absolute atomic E-state index is 0.106. The molecule has 0 saturated carbocycles. The normalized spacial score (nSPS) is 16.6. The first-order valence-corrected chi connectivity index (χ1v) is 15.1. The van der Waals surface area contributed by atoms with Crippen molar-refractivity contribution >= 4 is 5.78 Å². The van der Waals surface area contributed by atoms with Crippen LogP contribution in [0.2, 0.25) is 0 Å². The van der Waals surface area contributed by atoms with Crippen LogP contribution >= 0.6 is 0 Å². The van der Waals surface area contributed by atoms with Gasteiger partial charge in [-0.3, -0.25) is 0 Å². The number of hydrogen-bond acceptors (Lipinski definition) is 7. The number of Topliss-reactive ketones (excluding diaryl/α,β-unsaturated/α-hetero) is 1. The smallest absolute Gasteiger partial charge is 0.252 e. The van der Waals surface area contributed by atoms with Crippen LogP contribution in [0.25, 0.3) is 0 Å². The van der Waals surface area contributed by atoms with Crippen LogP contribution in [-0.2, 0) is 34.9 Å². The Morgan fingerprint density at radius 2 is 1.02 bits per heavy atom. The summed E-state index contributed by atoms with van der Waals surface area (Å²) in [7, 11) is 0. The Labute approximate surface area is 256 Å². The molecule has 3 aromatic carbocycles. The van der Waals surface area contributed by atoms with E-state index in [2.05, 4.69) is 39.8 Å². The van der Waals surface area contributed by atoms with Crippen molar-refractivity contribution in [2.24, 2.45) is 0 Å². The number of aromatic hydroxyl groups is 4. The van der Waals surface area contributed by atoms with Gasteiger partial charge in [-0.1, -0.05) is 54.5 Å². The highest BCUT2D eigenvalue weighted by Gasteiger charge is 2.53. The summed E-state index contributed by atoms with van der Waals surface area (Å²) in [5, 5.41) is 38.9. The van der Waals surface area contributed by atoms with Crippen molar-refractivity contribution in [3.8, 4) is 34.5 Å². The average molecular weight is 593 g/mol. The van der Waals surface area contributed by atoms with Gasteiger partial charge in [0.25, 0.3) is 5.79 Å². The lowest BCUT2D eigenvalue weighted by Crippen LogP contribution is -2.55. The Morgan fingerprint density at radius 3 is 1.37 bits per heavy atom. The first kappa shape index (κ1) is 33.6. The van der Waals surface area contributed by atoms with Gasteiger partial charge in [0.15, 0.2) is 0 Å². The van der Waals surface area contributed by atoms with Crippen molar-refractivity contribution in [1.82, 2.24) is 0 Å². The highest BCUT2D eigenvalue weighted by Crippen LogP contribution is 2.55. The number of carbonyl (C=O) groups is 1. The fourth-order valence-corrected chi connectivity index (χ4v) is 6.04. The van der Waals surface area contributed by atoms with Crippen LogP contribution in [-0.4, -0.2) is 32.0 Å². The lowest BCUT2D eigenvalue weighted by atomic mass is 9.68. The van der Waals surface area contributed by atoms with E-state index in [4.69, 9.17) is 19.7 Å². The van der Waals surface area contributed by atoms with Gasteiger partial charge in [0.05, 0.1) is 0 Å². The van der Waals surface area contributed by atoms with Crippen LogP contribution in [0.4, 0.5) is 0 Å². The monoisotopic (exact) mass is 592 g/mol. The number of phenols is 4. The summed E-state index contributed by atoms with van der Waals surface area (Å²) in [6, 6.07) is 12.2. The molecule has 0 bridgehead atoms. The summed E-state index contributed by atoms with van der Waals surface area (Å²) in [4.78, 5) is 9.44. The number of benzene rings is 3. The van der Waals surface area contributed by atoms with Crippen LogP contribution in [0.1, 0.15) is 103 Å². The van der Waals surface area contributed by atoms with E-state index in [0.717, 1.165) is 47.1 Å². The van der Waals surface area contributed by atoms with E-state index in [0.29, 0.717) is 24.3 Å². The van der Waals surface area contributed by atoms with E-state index < -0.39 is 5.79 Å². The molecular formula is C36H48O7. The maximum absolute atomic E-state index is 10.4. The second-order valence-electron chi connectivity index (χ2n) is 13.0. The van der Waals surface area contributed by atoms with Crippen molar-refractivity contribution < 1.29 is 34.7 Å². The van der Waals surface area contributed by atoms with E-state index in [9.17, 15) is 15.0 Å². The Bertz CT molecular complexity index is 1390. The van der Waals surface area contributed by atoms with Gasteiger partial charge in [0, 0.05) is 53.0 Å². The number of phenolic OH excluding ortho intramolecular Hbond substituents is 4. The zero-order chi connectivity index (χ0) is 32.3. The van der Waals surface area contributed by atoms with Gasteiger partial charge in [0.2, 0.25) is 0 Å². The first-order valence-electron chi connectivity index (χ1n) is 15.1. The molecule has 7 heteroatoms. The van der Waals surface area contributed by atoms with E-state index in [1.54, 1.807) is 24.3 Å². The summed E-state index contributed by atoms with van der Waals surface area (Å²) >= 11 is 0. The van der Waals surface area contributed by atoms with E-state index in [1.165, 1.54) is 19.9 Å². The Kier molecular flexibility index (Phi) is 10.00. The number of ketones is 1. The molecule has 0 radical (unpaired) electrons. The number of ether oxygens (including phenoxy) is 2. The van der Waals surface area contributed by atoms with Crippen LogP contribution in [0, 0.1) is 0 Å². The second kappa shape index (κ2) is 12.8. The maximum Gasteiger partial charge on any atom is 0.252 e. The molecule has 3 aromatic rings. The van der Waals surface area contributed by atoms with Crippen molar-refractivity contribution in [3.63, 3.8) is 0 Å². The Hall–Kier alpha value is -3.87. The highest BCUT2D eigenvalue weighted by atomic mass is 16.7. The van der Waals surface area contributed by atoms with Crippen LogP contribution < -0.4 is 9.47 Å². The molecule has 4 N–H and O–H groups in total. The molecule has 2 heterocycles. The first-order chi connectivity index (χ1) is 20.0. The molecule has 234 valence electrons. The van der Waals surface area contributed by atoms with Gasteiger partial charge >= 0.3 is 0 Å². The largest absolute Gasteiger partial charge is 0.508 e. The van der Waals surface area contributed by atoms with Gasteiger partial charge in [-0.05, 0) is 68.0 Å². The van der Waals surface area contributed by atoms with Gasteiger partial charge in [-0.15, -0.1) is 0 Å². The lowest BCUT2D eigenvalue weighted by molar-refractivity contribution is -0.166. The molecule has 0 aliphatic carbocycles. The topological polar surface area (TPSA) is 116 Å². The van der Waals surface area contributed by atoms with Crippen molar-refractivity contribution in [2.75, 3.05) is 0 Å². The van der Waals surface area contributed by atoms with Gasteiger partial charge in [0.1, 0.15) is 40.3 Å². The number of aryl methyl sites for hydroxylation is 3. The quantitative estimate of drug-likeness (QED) is 0.243. The number of carbonyl (C=O) groups excluding carboxylic acids is 1. The summed E-state index contributed by atoms with van der Waals surface area (Å²) in [5.74, 6) is 1.50. The molecule has 0 saturated heterocycles. The summed E-state index contributed by atoms with van der Waals surface area (Å²) in [6.45, 7) is 17.9. The Morgan fingerprint density at radius 1 is 0.651 bits per heavy atom. The van der Waals surface area contributed by atoms with Crippen molar-refractivity contribution in [1.29, 1.82) is 0 Å². The molecule has 7 nitrogen and oxygen atoms in total. The molecule has 43 heavy (non-hydrogen) atoms. The molecule has 0 amide bonds. The highest BCUT2D eigenvalue weighted by molar-refractivity contribution is 5.72. The van der Waals surface area contributed by atoms with Gasteiger partial charge in [-0.2, -0.15) is 0 Å². The second-order valence-corrected chi connectivity index (χ2v) is 13.0. The molecular weight excluding hydrogens is 544 g/mol. The lowest BCUT2D eigenvalue weighted by Gasteiger charge is -2.51. The van der Waals surface area contributed by atoms with Gasteiger partial charge in [-0.25, -0.2) is 0 Å². The van der Waals surface area contributed by atoms with Crippen LogP contribution in [0.5, 0.6) is 34.5 Å². The molecule has 0 aromatic heterocycles. The number of rotatable bonds is 3. The zero-order valence-electron chi connectivity index (χ0n) is 27.1. The minimum atomic E-state index is -0.840. The standard InChI is InChI=1S/C25H32O4.C8H10O2.C3H6O/c1-7-15-9-17-21(11-19(15)26)28-25(13-23(17,3)4)14-24(5,6)18-10-16(8-2)20(27)12-22(18)29-25;1-2-6-3-4-7(9)5-8(6)10;1-3(2)4/h9-12,26-27H,7-8,13-14H2,1-6H3;3-5,9-10H,2H2,1H3;1-2H3. The van der Waals surface area contributed by atoms with Crippen LogP contribution in [0.3, 0.4) is 0 Å². The Balaban J connectivity index is 0.000000300. The maximum atomic E-state index is 10.4. The third-order valence-electron chi connectivity index (χ3n) is 8.05. The SMILES string of the molecule is CC(C)=O.CCc1cc2c(cc1O)OC1(CC2(C)C)CC(C)(C)c2cc(CC)c(O)cc2O1.CCc1ccc(O)cc1O. The van der Waals surface area contributed by atoms with Crippen molar-refractivity contribution in [2.45, 2.75) is 111 Å².